The molecule has 62 heavy (non-hydrogen) atoms. The first kappa shape index (κ1) is 52.1. The van der Waals surface area contributed by atoms with Gasteiger partial charge >= 0.3 is 23.5 Å². The second-order valence-corrected chi connectivity index (χ2v) is 20.7. The Bertz CT molecular complexity index is 2000. The minimum absolute atomic E-state index is 0.0139. The molecule has 0 radical (unpaired) electrons. The van der Waals surface area contributed by atoms with Crippen LogP contribution in [0, 0.1) is 5.41 Å². The van der Waals surface area contributed by atoms with Gasteiger partial charge in [0.2, 0.25) is 11.8 Å². The van der Waals surface area contributed by atoms with Crippen LogP contribution in [-0.2, 0) is 61.2 Å². The molecule has 1 saturated carbocycles. The second-order valence-electron chi connectivity index (χ2n) is 15.3. The van der Waals surface area contributed by atoms with Crippen molar-refractivity contribution in [3.05, 3.63) is 12.7 Å². The summed E-state index contributed by atoms with van der Waals surface area (Å²) in [5.74, 6) is -1.29. The highest BCUT2D eigenvalue weighted by Crippen LogP contribution is 2.61. The molecule has 0 bridgehead atoms. The Morgan fingerprint density at radius 2 is 1.71 bits per heavy atom. The number of hydrogen-bond acceptors (Lipinski definition) is 20. The van der Waals surface area contributed by atoms with Crippen molar-refractivity contribution < 1.29 is 90.3 Å². The lowest BCUT2D eigenvalue weighted by Gasteiger charge is -2.30. The quantitative estimate of drug-likeness (QED) is 0.0486. The van der Waals surface area contributed by atoms with Crippen molar-refractivity contribution >= 4 is 69.1 Å². The molecule has 1 aliphatic heterocycles. The molecule has 30 heteroatoms. The number of nitrogens with two attached hydrogens (primary N) is 1. The number of fused-ring (bicyclic) bond motifs is 1. The third-order valence-corrected chi connectivity index (χ3v) is 13.7. The maximum atomic E-state index is 12.8. The van der Waals surface area contributed by atoms with Crippen molar-refractivity contribution in [1.82, 2.24) is 30.2 Å². The van der Waals surface area contributed by atoms with Gasteiger partial charge in [-0.15, -0.1) is 0 Å². The average molecular weight is 966 g/mol. The minimum Gasteiger partial charge on any atom is -0.390 e. The number of aliphatic hydroxyl groups is 3. The van der Waals surface area contributed by atoms with Gasteiger partial charge in [-0.3, -0.25) is 32.5 Å². The standard InChI is InChI=1S/C32H54N7O19P3S/c1-31(2,27(44)30(45)35-10-9-22(41)34-11-12-62-23(42)13-19(40)14-53-20-7-5-4-6-8-20)16-55-61(51,52)58-60(49,50)54-15-21-25(57-59(46,47)48)26(43)32(3,56-21)39-18-38-24-28(33)36-17-37-29(24)39/h17-21,25-27,40,43-44H,4-16H2,1-3H3,(H,34,41)(H,35,45)(H,49,50)(H,51,52)(H2,33,36,37)(H2,46,47,48). The van der Waals surface area contributed by atoms with Crippen molar-refractivity contribution in [2.45, 2.75) is 108 Å². The molecule has 3 heterocycles. The lowest BCUT2D eigenvalue weighted by atomic mass is 9.87. The van der Waals surface area contributed by atoms with E-state index in [0.29, 0.717) is 0 Å². The molecular weight excluding hydrogens is 911 g/mol. The maximum Gasteiger partial charge on any atom is 0.481 e. The summed E-state index contributed by atoms with van der Waals surface area (Å²) in [5.41, 5.74) is 2.27. The predicted molar refractivity (Wildman–Crippen MR) is 215 cm³/mol. The van der Waals surface area contributed by atoms with Gasteiger partial charge in [-0.2, -0.15) is 4.31 Å². The van der Waals surface area contributed by atoms with E-state index in [1.807, 2.05) is 0 Å². The van der Waals surface area contributed by atoms with Gasteiger partial charge in [0.25, 0.3) is 0 Å². The number of ether oxygens (including phenoxy) is 2. The van der Waals surface area contributed by atoms with Gasteiger partial charge in [0, 0.05) is 37.1 Å². The lowest BCUT2D eigenvalue weighted by Crippen LogP contribution is -2.46. The molecule has 2 aliphatic rings. The minimum atomic E-state index is -5.61. The number of nitrogens with one attached hydrogen (secondary N) is 2. The summed E-state index contributed by atoms with van der Waals surface area (Å²) < 4.78 is 68.5. The highest BCUT2D eigenvalue weighted by atomic mass is 32.2. The Hall–Kier alpha value is -2.52. The summed E-state index contributed by atoms with van der Waals surface area (Å²) in [6.07, 6.45) is -1.27. The highest BCUT2D eigenvalue weighted by molar-refractivity contribution is 8.13. The zero-order valence-electron chi connectivity index (χ0n) is 34.0. The smallest absolute Gasteiger partial charge is 0.390 e. The molecule has 26 nitrogen and oxygen atoms in total. The molecular formula is C32H54N7O19P3S. The van der Waals surface area contributed by atoms with E-state index in [1.165, 1.54) is 27.2 Å². The number of rotatable bonds is 24. The van der Waals surface area contributed by atoms with E-state index in [4.69, 9.17) is 28.8 Å². The van der Waals surface area contributed by atoms with Crippen LogP contribution in [0.15, 0.2) is 12.7 Å². The Kier molecular flexibility index (Phi) is 18.6. The fourth-order valence-corrected chi connectivity index (χ4v) is 9.96. The number of nitrogens with zero attached hydrogens (tertiary/aromatic N) is 4. The first-order valence-corrected chi connectivity index (χ1v) is 24.7. The second kappa shape index (κ2) is 22.1. The fraction of sp³-hybridized carbons (Fsp3) is 0.750. The van der Waals surface area contributed by atoms with Crippen molar-refractivity contribution in [3.63, 3.8) is 0 Å². The molecule has 11 N–H and O–H groups in total. The topological polar surface area (TPSA) is 393 Å². The third kappa shape index (κ3) is 15.3. The zero-order valence-corrected chi connectivity index (χ0v) is 37.5. The van der Waals surface area contributed by atoms with E-state index in [-0.39, 0.29) is 66.5 Å². The van der Waals surface area contributed by atoms with Crippen LogP contribution in [-0.4, -0.2) is 147 Å². The number of amides is 2. The molecule has 0 spiro atoms. The summed E-state index contributed by atoms with van der Waals surface area (Å²) in [4.78, 5) is 88.4. The van der Waals surface area contributed by atoms with E-state index in [0.717, 1.165) is 54.7 Å². The Morgan fingerprint density at radius 1 is 1.03 bits per heavy atom. The van der Waals surface area contributed by atoms with Gasteiger partial charge in [0.15, 0.2) is 22.3 Å². The molecule has 4 rings (SSSR count). The van der Waals surface area contributed by atoms with Gasteiger partial charge in [0.05, 0.1) is 38.4 Å². The molecule has 2 fully saturated rings. The van der Waals surface area contributed by atoms with Crippen LogP contribution in [0.1, 0.15) is 65.7 Å². The fourth-order valence-electron chi connectivity index (χ4n) is 6.40. The molecule has 8 unspecified atom stereocenters. The van der Waals surface area contributed by atoms with Gasteiger partial charge < -0.3 is 60.7 Å². The Balaban J connectivity index is 1.19. The van der Waals surface area contributed by atoms with Crippen LogP contribution >= 0.6 is 35.2 Å². The van der Waals surface area contributed by atoms with Crippen LogP contribution in [0.2, 0.25) is 0 Å². The summed E-state index contributed by atoms with van der Waals surface area (Å²) in [5, 5.41) is 36.5. The van der Waals surface area contributed by atoms with Gasteiger partial charge in [-0.1, -0.05) is 44.9 Å². The monoisotopic (exact) mass is 965 g/mol. The number of aromatic nitrogens is 4. The van der Waals surface area contributed by atoms with Gasteiger partial charge in [-0.05, 0) is 19.8 Å². The molecule has 2 amide bonds. The van der Waals surface area contributed by atoms with Gasteiger partial charge in [0.1, 0.15) is 36.3 Å². The number of nitrogen functional groups attached to an aromatic ring is 1. The Labute approximate surface area is 359 Å². The highest BCUT2D eigenvalue weighted by Gasteiger charge is 2.57. The number of imidazole rings is 1. The average Bonchev–Trinajstić information content (AvgIpc) is 3.73. The van der Waals surface area contributed by atoms with Crippen LogP contribution in [0.3, 0.4) is 0 Å². The first-order valence-electron chi connectivity index (χ1n) is 19.2. The number of hydrogen-bond donors (Lipinski definition) is 10. The van der Waals surface area contributed by atoms with Crippen molar-refractivity contribution in [2.75, 3.05) is 44.4 Å². The summed E-state index contributed by atoms with van der Waals surface area (Å²) in [6.45, 7) is 1.64. The SMILES string of the molecule is CC(C)(COP(=O)(O)OP(=O)(O)OCC1OC(C)(n2cnc3c(N)ncnc32)C(O)C1OP(=O)(O)O)C(O)C(=O)NCCC(=O)NCCSC(=O)CC(O)COC1CCCCC1. The van der Waals surface area contributed by atoms with Crippen LogP contribution in [0.5, 0.6) is 0 Å². The number of phosphoric ester groups is 3. The van der Waals surface area contributed by atoms with E-state index >= 15 is 0 Å². The van der Waals surface area contributed by atoms with E-state index in [1.54, 1.807) is 0 Å². The maximum absolute atomic E-state index is 12.8. The zero-order chi connectivity index (χ0) is 46.1. The van der Waals surface area contributed by atoms with Crippen LogP contribution in [0.25, 0.3) is 11.2 Å². The number of carbonyl (C=O) groups is 3. The van der Waals surface area contributed by atoms with Crippen molar-refractivity contribution in [1.29, 1.82) is 0 Å². The number of thioether (sulfide) groups is 1. The number of phosphoric acid groups is 3. The lowest BCUT2D eigenvalue weighted by molar-refractivity contribution is -0.137. The molecule has 2 aromatic rings. The molecule has 0 aromatic carbocycles. The van der Waals surface area contributed by atoms with Crippen molar-refractivity contribution in [2.24, 2.45) is 5.41 Å². The van der Waals surface area contributed by atoms with Gasteiger partial charge in [-0.25, -0.2) is 28.6 Å². The third-order valence-electron chi connectivity index (χ3n) is 9.73. The Morgan fingerprint density at radius 3 is 2.39 bits per heavy atom. The molecule has 1 saturated heterocycles. The van der Waals surface area contributed by atoms with E-state index in [2.05, 4.69) is 29.9 Å². The summed E-state index contributed by atoms with van der Waals surface area (Å²) >= 11 is 0.944. The van der Waals surface area contributed by atoms with Crippen LogP contribution < -0.4 is 16.4 Å². The number of anilines is 1. The largest absolute Gasteiger partial charge is 0.481 e. The number of carbonyl (C=O) groups excluding carboxylic acids is 3. The molecule has 352 valence electrons. The predicted octanol–water partition coefficient (Wildman–Crippen LogP) is -0.0609. The van der Waals surface area contributed by atoms with Crippen molar-refractivity contribution in [3.8, 4) is 0 Å². The summed E-state index contributed by atoms with van der Waals surface area (Å²) in [7, 11) is -16.5. The molecule has 2 aromatic heterocycles. The van der Waals surface area contributed by atoms with Crippen LogP contribution in [0.4, 0.5) is 5.82 Å². The van der Waals surface area contributed by atoms with E-state index < -0.39 is 90.2 Å². The first-order chi connectivity index (χ1) is 28.8. The summed E-state index contributed by atoms with van der Waals surface area (Å²) in [6, 6.07) is 0. The normalized spacial score (nSPS) is 24.3. The molecule has 1 aliphatic carbocycles. The number of aliphatic hydroxyl groups excluding tert-OH is 3. The molecule has 8 atom stereocenters. The van der Waals surface area contributed by atoms with E-state index in [9.17, 15) is 63.0 Å².